The first kappa shape index (κ1) is 9.42. The minimum absolute atomic E-state index is 0.867. The maximum atomic E-state index is 5.20. The Bertz CT molecular complexity index is 613. The molecule has 0 radical (unpaired) electrons. The van der Waals surface area contributed by atoms with E-state index >= 15 is 0 Å². The second kappa shape index (κ2) is 3.64. The highest BCUT2D eigenvalue weighted by atomic mass is 32.1. The zero-order valence-electron chi connectivity index (χ0n) is 8.81. The summed E-state index contributed by atoms with van der Waals surface area (Å²) in [5.74, 6) is 0.867. The molecule has 0 bridgehead atoms. The van der Waals surface area contributed by atoms with Crippen molar-refractivity contribution in [2.45, 2.75) is 0 Å². The Morgan fingerprint density at radius 3 is 3.00 bits per heavy atom. The molecule has 3 aromatic rings. The van der Waals surface area contributed by atoms with Crippen molar-refractivity contribution in [3.63, 3.8) is 0 Å². The summed E-state index contributed by atoms with van der Waals surface area (Å²) in [4.78, 5) is 3.24. The van der Waals surface area contributed by atoms with E-state index in [-0.39, 0.29) is 0 Å². The number of H-pyrrole nitrogens is 1. The van der Waals surface area contributed by atoms with E-state index < -0.39 is 0 Å². The summed E-state index contributed by atoms with van der Waals surface area (Å²) >= 11 is 1.69. The van der Waals surface area contributed by atoms with Crippen molar-refractivity contribution < 1.29 is 9.30 Å². The predicted octanol–water partition coefficient (Wildman–Crippen LogP) is 2.51. The second-order valence-corrected chi connectivity index (χ2v) is 4.29. The van der Waals surface area contributed by atoms with E-state index in [9.17, 15) is 0 Å². The molecule has 0 aliphatic carbocycles. The second-order valence-electron chi connectivity index (χ2n) is 3.51. The molecule has 3 rings (SSSR count). The van der Waals surface area contributed by atoms with Gasteiger partial charge in [-0.1, -0.05) is 0 Å². The number of nitrogens with zero attached hydrogens (tertiary/aromatic N) is 1. The van der Waals surface area contributed by atoms with E-state index in [1.54, 1.807) is 18.4 Å². The predicted molar refractivity (Wildman–Crippen MR) is 64.3 cm³/mol. The zero-order valence-corrected chi connectivity index (χ0v) is 9.62. The lowest BCUT2D eigenvalue weighted by Crippen LogP contribution is -2.27. The van der Waals surface area contributed by atoms with Crippen LogP contribution in [-0.2, 0) is 0 Å². The summed E-state index contributed by atoms with van der Waals surface area (Å²) in [5, 5.41) is 4.20. The molecule has 1 N–H and O–H groups in total. The Morgan fingerprint density at radius 2 is 2.25 bits per heavy atom. The van der Waals surface area contributed by atoms with Gasteiger partial charge in [0.15, 0.2) is 11.0 Å². The van der Waals surface area contributed by atoms with Gasteiger partial charge in [0.2, 0.25) is 6.33 Å². The van der Waals surface area contributed by atoms with E-state index in [4.69, 9.17) is 4.74 Å². The summed E-state index contributed by atoms with van der Waals surface area (Å²) in [5.41, 5.74) is 3.41. The Hall–Kier alpha value is -1.81. The van der Waals surface area contributed by atoms with Crippen molar-refractivity contribution in [2.75, 3.05) is 7.11 Å². The average Bonchev–Trinajstić information content (AvgIpc) is 2.96. The fourth-order valence-electron chi connectivity index (χ4n) is 1.78. The molecule has 0 spiro atoms. The lowest BCUT2D eigenvalue weighted by molar-refractivity contribution is -0.566. The first-order valence-electron chi connectivity index (χ1n) is 4.98. The summed E-state index contributed by atoms with van der Waals surface area (Å²) in [6.45, 7) is 0. The van der Waals surface area contributed by atoms with Gasteiger partial charge in [-0.15, -0.1) is 11.3 Å². The number of rotatable bonds is 2. The molecule has 2 heterocycles. The van der Waals surface area contributed by atoms with Gasteiger partial charge in [-0.2, -0.15) is 4.57 Å². The Morgan fingerprint density at radius 1 is 1.31 bits per heavy atom. The first-order chi connectivity index (χ1) is 7.88. The van der Waals surface area contributed by atoms with Gasteiger partial charge in [0, 0.05) is 11.4 Å². The van der Waals surface area contributed by atoms with Crippen LogP contribution in [0.25, 0.3) is 16.7 Å². The first-order valence-corrected chi connectivity index (χ1v) is 5.92. The number of thiophene rings is 1. The van der Waals surface area contributed by atoms with Crippen molar-refractivity contribution >= 4 is 22.4 Å². The molecule has 4 heteroatoms. The number of fused-ring (bicyclic) bond motifs is 1. The number of methoxy groups -OCH3 is 1. The van der Waals surface area contributed by atoms with E-state index in [2.05, 4.69) is 32.4 Å². The number of aromatic nitrogens is 2. The lowest BCUT2D eigenvalue weighted by atomic mass is 10.3. The normalized spacial score (nSPS) is 10.8. The highest BCUT2D eigenvalue weighted by Gasteiger charge is 2.12. The maximum Gasteiger partial charge on any atom is 0.247 e. The van der Waals surface area contributed by atoms with E-state index in [0.29, 0.717) is 0 Å². The van der Waals surface area contributed by atoms with Gasteiger partial charge in [0.1, 0.15) is 11.4 Å². The molecule has 0 saturated heterocycles. The Kier molecular flexibility index (Phi) is 2.15. The van der Waals surface area contributed by atoms with Crippen LogP contribution in [-0.4, -0.2) is 12.1 Å². The van der Waals surface area contributed by atoms with E-state index in [1.165, 1.54) is 5.69 Å². The fourth-order valence-corrected chi connectivity index (χ4v) is 2.41. The van der Waals surface area contributed by atoms with Crippen LogP contribution in [0, 0.1) is 0 Å². The van der Waals surface area contributed by atoms with Crippen LogP contribution >= 0.6 is 11.3 Å². The van der Waals surface area contributed by atoms with Crippen LogP contribution in [0.15, 0.2) is 41.4 Å². The number of ether oxygens (including phenoxy) is 1. The smallest absolute Gasteiger partial charge is 0.247 e. The van der Waals surface area contributed by atoms with Crippen molar-refractivity contribution in [3.05, 3.63) is 41.4 Å². The largest absolute Gasteiger partial charge is 0.497 e. The number of aromatic amines is 1. The van der Waals surface area contributed by atoms with Gasteiger partial charge in [-0.05, 0) is 23.6 Å². The Labute approximate surface area is 96.9 Å². The van der Waals surface area contributed by atoms with Crippen molar-refractivity contribution in [1.82, 2.24) is 4.98 Å². The number of hydrogen-bond acceptors (Lipinski definition) is 2. The summed E-state index contributed by atoms with van der Waals surface area (Å²) in [7, 11) is 1.68. The van der Waals surface area contributed by atoms with Crippen LogP contribution in [0.2, 0.25) is 0 Å². The van der Waals surface area contributed by atoms with Gasteiger partial charge in [0.25, 0.3) is 0 Å². The van der Waals surface area contributed by atoms with Crippen molar-refractivity contribution in [3.8, 4) is 11.4 Å². The number of imidazole rings is 1. The third-order valence-corrected chi connectivity index (χ3v) is 3.27. The summed E-state index contributed by atoms with van der Waals surface area (Å²) in [6, 6.07) is 8.13. The van der Waals surface area contributed by atoms with Gasteiger partial charge in [-0.25, -0.2) is 4.98 Å². The average molecular weight is 231 g/mol. The number of hydrogen-bond donors (Lipinski definition) is 1. The van der Waals surface area contributed by atoms with Crippen LogP contribution in [0.5, 0.6) is 5.75 Å². The topological polar surface area (TPSA) is 28.9 Å². The molecule has 0 aliphatic heterocycles. The molecular weight excluding hydrogens is 220 g/mol. The molecule has 80 valence electrons. The molecule has 2 aromatic heterocycles. The standard InChI is InChI=1S/C12H10N2OS/c1-15-10-2-3-12-11(6-10)13-8-14(12)9-4-5-16-7-9/h2-8H,1H3/p+1. The van der Waals surface area contributed by atoms with E-state index in [0.717, 1.165) is 16.8 Å². The summed E-state index contributed by atoms with van der Waals surface area (Å²) < 4.78 is 7.33. The van der Waals surface area contributed by atoms with Crippen LogP contribution in [0.4, 0.5) is 0 Å². The maximum absolute atomic E-state index is 5.20. The van der Waals surface area contributed by atoms with Gasteiger partial charge in [0.05, 0.1) is 7.11 Å². The molecule has 0 saturated carbocycles. The third-order valence-electron chi connectivity index (χ3n) is 2.60. The van der Waals surface area contributed by atoms with Crippen molar-refractivity contribution in [1.29, 1.82) is 0 Å². The third kappa shape index (κ3) is 1.39. The molecule has 3 nitrogen and oxygen atoms in total. The van der Waals surface area contributed by atoms with Crippen LogP contribution in [0.3, 0.4) is 0 Å². The number of nitrogens with one attached hydrogen (secondary N) is 1. The minimum Gasteiger partial charge on any atom is -0.497 e. The van der Waals surface area contributed by atoms with Crippen LogP contribution in [0.1, 0.15) is 0 Å². The molecule has 1 aromatic carbocycles. The van der Waals surface area contributed by atoms with Gasteiger partial charge < -0.3 is 4.74 Å². The van der Waals surface area contributed by atoms with E-state index in [1.807, 2.05) is 18.5 Å². The molecule has 0 unspecified atom stereocenters. The highest BCUT2D eigenvalue weighted by Crippen LogP contribution is 2.18. The quantitative estimate of drug-likeness (QED) is 0.675. The summed E-state index contributed by atoms with van der Waals surface area (Å²) in [6.07, 6.45) is 1.96. The van der Waals surface area contributed by atoms with Crippen molar-refractivity contribution in [2.24, 2.45) is 0 Å². The van der Waals surface area contributed by atoms with Gasteiger partial charge >= 0.3 is 0 Å². The molecule has 0 amide bonds. The number of benzene rings is 1. The molecule has 0 atom stereocenters. The fraction of sp³-hybridized carbons (Fsp3) is 0.0833. The minimum atomic E-state index is 0.867. The monoisotopic (exact) mass is 231 g/mol. The van der Waals surface area contributed by atoms with Crippen LogP contribution < -0.4 is 9.30 Å². The molecule has 16 heavy (non-hydrogen) atoms. The molecule has 0 aliphatic rings. The Balaban J connectivity index is 2.21. The van der Waals surface area contributed by atoms with Gasteiger partial charge in [-0.3, -0.25) is 0 Å². The lowest BCUT2D eigenvalue weighted by Gasteiger charge is -1.97. The molecule has 0 fully saturated rings. The highest BCUT2D eigenvalue weighted by molar-refractivity contribution is 7.08. The SMILES string of the molecule is COc1ccc2c(c1)[nH]c[n+]2-c1ccsc1. The molecular formula is C12H11N2OS+. The zero-order chi connectivity index (χ0) is 11.0.